The maximum Gasteiger partial charge on any atom is 0.0681 e. The molecule has 0 radical (unpaired) electrons. The van der Waals surface area contributed by atoms with Gasteiger partial charge in [0.05, 0.1) is 6.61 Å². The van der Waals surface area contributed by atoms with E-state index < -0.39 is 0 Å². The lowest BCUT2D eigenvalue weighted by Crippen LogP contribution is -2.23. The average Bonchev–Trinajstić information content (AvgIpc) is 3.23. The third kappa shape index (κ3) is 3.44. The molecule has 5 aromatic carbocycles. The van der Waals surface area contributed by atoms with Crippen molar-refractivity contribution in [1.29, 1.82) is 0 Å². The zero-order chi connectivity index (χ0) is 24.7. The number of benzene rings is 5. The monoisotopic (exact) mass is 469 g/mol. The van der Waals surface area contributed by atoms with Crippen LogP contribution in [0.3, 0.4) is 0 Å². The SMILES string of the molecule is CCC1(CC)c2ccccc2-c2ccc(N(c3ccc(CO)cc3)c3ccc4ccccc4c3)cc21. The van der Waals surface area contributed by atoms with Gasteiger partial charge in [-0.1, -0.05) is 86.6 Å². The number of aliphatic hydroxyl groups excluding tert-OH is 1. The summed E-state index contributed by atoms with van der Waals surface area (Å²) in [4.78, 5) is 2.34. The summed E-state index contributed by atoms with van der Waals surface area (Å²) in [5.41, 5.74) is 9.89. The average molecular weight is 470 g/mol. The van der Waals surface area contributed by atoms with Gasteiger partial charge in [-0.2, -0.15) is 0 Å². The summed E-state index contributed by atoms with van der Waals surface area (Å²) in [7, 11) is 0. The second kappa shape index (κ2) is 8.96. The van der Waals surface area contributed by atoms with Gasteiger partial charge < -0.3 is 10.0 Å². The van der Waals surface area contributed by atoms with Crippen LogP contribution in [0.15, 0.2) is 109 Å². The van der Waals surface area contributed by atoms with Crippen LogP contribution in [-0.2, 0) is 12.0 Å². The van der Waals surface area contributed by atoms with Gasteiger partial charge >= 0.3 is 0 Å². The van der Waals surface area contributed by atoms with Gasteiger partial charge in [-0.15, -0.1) is 0 Å². The van der Waals surface area contributed by atoms with E-state index in [9.17, 15) is 5.11 Å². The van der Waals surface area contributed by atoms with Gasteiger partial charge in [0.25, 0.3) is 0 Å². The van der Waals surface area contributed by atoms with Gasteiger partial charge in [0.1, 0.15) is 0 Å². The van der Waals surface area contributed by atoms with E-state index in [0.717, 1.165) is 35.5 Å². The first-order valence-corrected chi connectivity index (χ1v) is 12.9. The predicted molar refractivity (Wildman–Crippen MR) is 151 cm³/mol. The Kier molecular flexibility index (Phi) is 5.62. The van der Waals surface area contributed by atoms with Crippen LogP contribution in [0.2, 0.25) is 0 Å². The van der Waals surface area contributed by atoms with E-state index in [0.29, 0.717) is 0 Å². The Bertz CT molecular complexity index is 1550. The zero-order valence-corrected chi connectivity index (χ0v) is 20.9. The number of nitrogens with zero attached hydrogens (tertiary/aromatic N) is 1. The molecule has 0 spiro atoms. The smallest absolute Gasteiger partial charge is 0.0681 e. The lowest BCUT2D eigenvalue weighted by molar-refractivity contribution is 0.282. The minimum atomic E-state index is 0.0255. The van der Waals surface area contributed by atoms with Crippen molar-refractivity contribution in [2.24, 2.45) is 0 Å². The quantitative estimate of drug-likeness (QED) is 0.268. The Balaban J connectivity index is 1.56. The molecule has 36 heavy (non-hydrogen) atoms. The molecule has 0 aromatic heterocycles. The summed E-state index contributed by atoms with van der Waals surface area (Å²) in [5, 5.41) is 12.1. The van der Waals surface area contributed by atoms with E-state index in [1.54, 1.807) is 0 Å². The highest BCUT2D eigenvalue weighted by Gasteiger charge is 2.40. The van der Waals surface area contributed by atoms with Crippen LogP contribution in [-0.4, -0.2) is 5.11 Å². The third-order valence-electron chi connectivity index (χ3n) is 8.09. The molecule has 0 unspecified atom stereocenters. The van der Waals surface area contributed by atoms with Crippen molar-refractivity contribution in [1.82, 2.24) is 0 Å². The molecular formula is C34H31NO. The van der Waals surface area contributed by atoms with Gasteiger partial charge in [-0.3, -0.25) is 0 Å². The fraction of sp³-hybridized carbons (Fsp3) is 0.176. The van der Waals surface area contributed by atoms with Crippen molar-refractivity contribution in [2.45, 2.75) is 38.7 Å². The fourth-order valence-corrected chi connectivity index (χ4v) is 6.11. The molecular weight excluding hydrogens is 438 g/mol. The van der Waals surface area contributed by atoms with Gasteiger partial charge in [0, 0.05) is 22.5 Å². The summed E-state index contributed by atoms with van der Waals surface area (Å²) in [5.74, 6) is 0. The molecule has 1 aliphatic carbocycles. The Hall–Kier alpha value is -3.88. The second-order valence-corrected chi connectivity index (χ2v) is 9.76. The Morgan fingerprint density at radius 2 is 1.19 bits per heavy atom. The summed E-state index contributed by atoms with van der Waals surface area (Å²) in [6, 6.07) is 39.3. The predicted octanol–water partition coefficient (Wildman–Crippen LogP) is 8.89. The van der Waals surface area contributed by atoms with Gasteiger partial charge in [0.15, 0.2) is 0 Å². The maximum atomic E-state index is 9.61. The van der Waals surface area contributed by atoms with Crippen LogP contribution in [0.4, 0.5) is 17.1 Å². The van der Waals surface area contributed by atoms with Crippen LogP contribution in [0.5, 0.6) is 0 Å². The van der Waals surface area contributed by atoms with Gasteiger partial charge in [0.2, 0.25) is 0 Å². The highest BCUT2D eigenvalue weighted by atomic mass is 16.3. The van der Waals surface area contributed by atoms with Crippen molar-refractivity contribution < 1.29 is 5.11 Å². The summed E-state index contributed by atoms with van der Waals surface area (Å²) in [6.07, 6.45) is 2.14. The highest BCUT2D eigenvalue weighted by molar-refractivity contribution is 5.90. The number of hydrogen-bond donors (Lipinski definition) is 1. The van der Waals surface area contributed by atoms with Crippen molar-refractivity contribution in [3.63, 3.8) is 0 Å². The van der Waals surface area contributed by atoms with Gasteiger partial charge in [-0.05, 0) is 87.8 Å². The minimum Gasteiger partial charge on any atom is -0.392 e. The van der Waals surface area contributed by atoms with E-state index in [4.69, 9.17) is 0 Å². The number of hydrogen-bond acceptors (Lipinski definition) is 2. The zero-order valence-electron chi connectivity index (χ0n) is 20.9. The number of anilines is 3. The Morgan fingerprint density at radius 3 is 1.94 bits per heavy atom. The van der Waals surface area contributed by atoms with Crippen molar-refractivity contribution >= 4 is 27.8 Å². The van der Waals surface area contributed by atoms with Crippen LogP contribution >= 0.6 is 0 Å². The molecule has 0 amide bonds. The lowest BCUT2D eigenvalue weighted by Gasteiger charge is -2.32. The van der Waals surface area contributed by atoms with E-state index in [1.807, 2.05) is 12.1 Å². The summed E-state index contributed by atoms with van der Waals surface area (Å²) >= 11 is 0. The highest BCUT2D eigenvalue weighted by Crippen LogP contribution is 2.54. The number of rotatable bonds is 6. The molecule has 2 heteroatoms. The molecule has 0 aliphatic heterocycles. The number of aliphatic hydroxyl groups is 1. The normalized spacial score (nSPS) is 13.4. The maximum absolute atomic E-state index is 9.61. The molecule has 5 aromatic rings. The second-order valence-electron chi connectivity index (χ2n) is 9.76. The molecule has 2 nitrogen and oxygen atoms in total. The number of fused-ring (bicyclic) bond motifs is 4. The standard InChI is InChI=1S/C34H31NO/c1-3-34(4-2)32-12-8-7-11-30(32)31-20-19-29(22-33(31)34)35(27-16-13-24(23-36)14-17-27)28-18-15-25-9-5-6-10-26(25)21-28/h5-22,36H,3-4,23H2,1-2H3. The van der Waals surface area contributed by atoms with Crippen LogP contribution in [0.1, 0.15) is 43.4 Å². The van der Waals surface area contributed by atoms with Crippen LogP contribution in [0, 0.1) is 0 Å². The first-order valence-electron chi connectivity index (χ1n) is 12.9. The summed E-state index contributed by atoms with van der Waals surface area (Å²) < 4.78 is 0. The lowest BCUT2D eigenvalue weighted by atomic mass is 9.74. The molecule has 0 bridgehead atoms. The van der Waals surface area contributed by atoms with Crippen molar-refractivity contribution in [3.05, 3.63) is 126 Å². The Morgan fingerprint density at radius 1 is 0.583 bits per heavy atom. The van der Waals surface area contributed by atoms with Crippen molar-refractivity contribution in [3.8, 4) is 11.1 Å². The topological polar surface area (TPSA) is 23.5 Å². The molecule has 0 saturated heterocycles. The largest absolute Gasteiger partial charge is 0.392 e. The third-order valence-corrected chi connectivity index (χ3v) is 8.09. The van der Waals surface area contributed by atoms with E-state index in [-0.39, 0.29) is 12.0 Å². The van der Waals surface area contributed by atoms with Crippen LogP contribution < -0.4 is 4.90 Å². The molecule has 0 fully saturated rings. The molecule has 1 N–H and O–H groups in total. The molecule has 0 atom stereocenters. The molecule has 0 saturated carbocycles. The molecule has 0 heterocycles. The molecule has 178 valence electrons. The molecule has 6 rings (SSSR count). The first-order chi connectivity index (χ1) is 17.7. The van der Waals surface area contributed by atoms with E-state index in [2.05, 4.69) is 116 Å². The first kappa shape index (κ1) is 22.6. The molecule has 1 aliphatic rings. The van der Waals surface area contributed by atoms with Gasteiger partial charge in [-0.25, -0.2) is 0 Å². The van der Waals surface area contributed by atoms with E-state index in [1.165, 1.54) is 33.0 Å². The van der Waals surface area contributed by atoms with E-state index >= 15 is 0 Å². The van der Waals surface area contributed by atoms with Crippen molar-refractivity contribution in [2.75, 3.05) is 4.90 Å². The minimum absolute atomic E-state index is 0.0255. The van der Waals surface area contributed by atoms with Crippen LogP contribution in [0.25, 0.3) is 21.9 Å². The Labute approximate surface area is 213 Å². The summed E-state index contributed by atoms with van der Waals surface area (Å²) in [6.45, 7) is 4.68. The fourth-order valence-electron chi connectivity index (χ4n) is 6.11.